The van der Waals surface area contributed by atoms with E-state index in [0.29, 0.717) is 27.5 Å². The smallest absolute Gasteiger partial charge is 0.279 e. The summed E-state index contributed by atoms with van der Waals surface area (Å²) in [5.41, 5.74) is 2.27. The summed E-state index contributed by atoms with van der Waals surface area (Å²) in [5, 5.41) is 3.27. The second-order valence-electron chi connectivity index (χ2n) is 6.76. The number of hydrogen-bond donors (Lipinski definition) is 1. The predicted octanol–water partition coefficient (Wildman–Crippen LogP) is 4.01. The summed E-state index contributed by atoms with van der Waals surface area (Å²) < 4.78 is 28.4. The van der Waals surface area contributed by atoms with E-state index in [1.165, 1.54) is 6.08 Å². The van der Waals surface area contributed by atoms with Crippen LogP contribution in [0, 0.1) is 6.92 Å². The Balaban J connectivity index is 1.72. The van der Waals surface area contributed by atoms with Crippen molar-refractivity contribution >= 4 is 43.7 Å². The lowest BCUT2D eigenvalue weighted by atomic mass is 10.1. The van der Waals surface area contributed by atoms with E-state index in [4.69, 9.17) is 16.3 Å². The fourth-order valence-electron chi connectivity index (χ4n) is 3.02. The van der Waals surface area contributed by atoms with Gasteiger partial charge in [-0.2, -0.15) is 8.42 Å². The van der Waals surface area contributed by atoms with Crippen LogP contribution in [-0.4, -0.2) is 29.2 Å². The Bertz CT molecular complexity index is 1400. The van der Waals surface area contributed by atoms with E-state index in [1.54, 1.807) is 48.6 Å². The van der Waals surface area contributed by atoms with Crippen molar-refractivity contribution in [3.05, 3.63) is 82.7 Å². The van der Waals surface area contributed by atoms with E-state index < -0.39 is 16.2 Å². The van der Waals surface area contributed by atoms with Crippen LogP contribution in [0.2, 0.25) is 5.02 Å². The maximum absolute atomic E-state index is 13.0. The summed E-state index contributed by atoms with van der Waals surface area (Å²) in [7, 11) is -2.36. The van der Waals surface area contributed by atoms with E-state index in [2.05, 4.69) is 15.3 Å². The summed E-state index contributed by atoms with van der Waals surface area (Å²) in [6.45, 7) is 1.83. The molecular weight excluding hydrogens is 438 g/mol. The van der Waals surface area contributed by atoms with Gasteiger partial charge in [0, 0.05) is 17.1 Å². The SMILES string of the molecule is Cc1cc(Cl)ccc1Oc1nc2ccccc2nc1C(=O)NC1=CC=CC(=S(=O)=O)C1. The lowest BCUT2D eigenvalue weighted by molar-refractivity contribution is 0.0957. The molecule has 9 heteroatoms. The van der Waals surface area contributed by atoms with Crippen LogP contribution in [0.25, 0.3) is 11.0 Å². The molecule has 1 N–H and O–H groups in total. The normalized spacial score (nSPS) is 13.1. The highest BCUT2D eigenvalue weighted by molar-refractivity contribution is 7.73. The first-order valence-electron chi connectivity index (χ1n) is 9.25. The Labute approximate surface area is 184 Å². The minimum atomic E-state index is -2.36. The van der Waals surface area contributed by atoms with Crippen LogP contribution in [0.15, 0.2) is 66.4 Å². The molecule has 156 valence electrons. The third kappa shape index (κ3) is 4.65. The van der Waals surface area contributed by atoms with Crippen molar-refractivity contribution in [1.29, 1.82) is 0 Å². The predicted molar refractivity (Wildman–Crippen MR) is 119 cm³/mol. The molecule has 4 rings (SSSR count). The topological polar surface area (TPSA) is 98.2 Å². The van der Waals surface area contributed by atoms with Crippen molar-refractivity contribution in [2.24, 2.45) is 0 Å². The number of ether oxygens (including phenoxy) is 1. The van der Waals surface area contributed by atoms with Gasteiger partial charge in [0.2, 0.25) is 10.3 Å². The molecule has 7 nitrogen and oxygen atoms in total. The third-order valence-corrected chi connectivity index (χ3v) is 5.47. The van der Waals surface area contributed by atoms with Crippen molar-refractivity contribution in [2.75, 3.05) is 0 Å². The fourth-order valence-corrected chi connectivity index (χ4v) is 3.71. The Morgan fingerprint density at radius 1 is 1.13 bits per heavy atom. The number of hydrogen-bond acceptors (Lipinski definition) is 6. The zero-order valence-corrected chi connectivity index (χ0v) is 17.9. The quantitative estimate of drug-likeness (QED) is 0.599. The largest absolute Gasteiger partial charge is 0.437 e. The van der Waals surface area contributed by atoms with E-state index in [9.17, 15) is 13.2 Å². The van der Waals surface area contributed by atoms with Crippen molar-refractivity contribution in [3.63, 3.8) is 0 Å². The first kappa shape index (κ1) is 20.8. The third-order valence-electron chi connectivity index (χ3n) is 4.53. The molecule has 1 amide bonds. The van der Waals surface area contributed by atoms with Gasteiger partial charge >= 0.3 is 0 Å². The van der Waals surface area contributed by atoms with Gasteiger partial charge in [-0.25, -0.2) is 9.97 Å². The molecule has 1 aliphatic rings. The van der Waals surface area contributed by atoms with Crippen LogP contribution in [-0.2, 0) is 10.3 Å². The molecule has 0 atom stereocenters. The van der Waals surface area contributed by atoms with E-state index in [0.717, 1.165) is 5.56 Å². The summed E-state index contributed by atoms with van der Waals surface area (Å²) in [6.07, 6.45) is 4.75. The Morgan fingerprint density at radius 2 is 1.87 bits per heavy atom. The zero-order valence-electron chi connectivity index (χ0n) is 16.3. The number of amides is 1. The number of carbonyl (C=O) groups is 1. The van der Waals surface area contributed by atoms with Crippen LogP contribution in [0.5, 0.6) is 11.6 Å². The summed E-state index contributed by atoms with van der Waals surface area (Å²) in [6, 6.07) is 12.2. The van der Waals surface area contributed by atoms with Crippen LogP contribution < -0.4 is 10.1 Å². The number of carbonyl (C=O) groups excluding carboxylic acids is 1. The lowest BCUT2D eigenvalue weighted by Crippen LogP contribution is -2.26. The van der Waals surface area contributed by atoms with Gasteiger partial charge in [0.25, 0.3) is 11.8 Å². The maximum Gasteiger partial charge on any atom is 0.279 e. The van der Waals surface area contributed by atoms with Gasteiger partial charge < -0.3 is 10.1 Å². The van der Waals surface area contributed by atoms with E-state index >= 15 is 0 Å². The van der Waals surface area contributed by atoms with Gasteiger partial charge in [-0.3, -0.25) is 4.79 Å². The van der Waals surface area contributed by atoms with Gasteiger partial charge in [0.05, 0.1) is 15.9 Å². The molecule has 0 spiro atoms. The molecule has 0 aliphatic heterocycles. The van der Waals surface area contributed by atoms with Gasteiger partial charge in [0.1, 0.15) is 5.75 Å². The average Bonchev–Trinajstić information content (AvgIpc) is 2.75. The number of benzene rings is 2. The maximum atomic E-state index is 13.0. The Morgan fingerprint density at radius 3 is 2.58 bits per heavy atom. The second kappa shape index (κ2) is 8.71. The van der Waals surface area contributed by atoms with E-state index in [-0.39, 0.29) is 22.9 Å². The molecule has 0 saturated heterocycles. The van der Waals surface area contributed by atoms with Crippen molar-refractivity contribution in [2.45, 2.75) is 13.3 Å². The number of aryl methyl sites for hydroxylation is 1. The molecule has 3 aromatic rings. The molecule has 0 radical (unpaired) electrons. The zero-order chi connectivity index (χ0) is 22.0. The summed E-state index contributed by atoms with van der Waals surface area (Å²) in [4.78, 5) is 22.1. The minimum absolute atomic E-state index is 0.0201. The molecule has 31 heavy (non-hydrogen) atoms. The van der Waals surface area contributed by atoms with Crippen molar-refractivity contribution in [1.82, 2.24) is 15.3 Å². The monoisotopic (exact) mass is 453 g/mol. The molecule has 0 bridgehead atoms. The summed E-state index contributed by atoms with van der Waals surface area (Å²) >= 11 is 6.02. The highest BCUT2D eigenvalue weighted by Gasteiger charge is 2.21. The number of aromatic nitrogens is 2. The van der Waals surface area contributed by atoms with Crippen LogP contribution in [0.4, 0.5) is 0 Å². The summed E-state index contributed by atoms with van der Waals surface area (Å²) in [5.74, 6) is -0.0390. The highest BCUT2D eigenvalue weighted by Crippen LogP contribution is 2.29. The minimum Gasteiger partial charge on any atom is -0.437 e. The standard InChI is InChI=1S/C22H16ClN3O4S/c1-13-11-14(23)9-10-19(13)30-22-20(25-17-7-2-3-8-18(17)26-22)21(27)24-15-5-4-6-16(12-15)31(28)29/h2-11H,12H2,1H3,(H,24,27). The molecule has 0 unspecified atom stereocenters. The number of para-hydroxylation sites is 2. The van der Waals surface area contributed by atoms with Gasteiger partial charge in [0.15, 0.2) is 5.69 Å². The van der Waals surface area contributed by atoms with Crippen molar-refractivity contribution in [3.8, 4) is 11.6 Å². The van der Waals surface area contributed by atoms with Gasteiger partial charge in [-0.15, -0.1) is 0 Å². The van der Waals surface area contributed by atoms with Gasteiger partial charge in [-0.05, 0) is 55.0 Å². The first-order chi connectivity index (χ1) is 14.9. The second-order valence-corrected chi connectivity index (χ2v) is 8.19. The number of halogens is 1. The van der Waals surface area contributed by atoms with Crippen molar-refractivity contribution < 1.29 is 17.9 Å². The average molecular weight is 454 g/mol. The van der Waals surface area contributed by atoms with Crippen LogP contribution in [0.1, 0.15) is 22.5 Å². The molecule has 2 aromatic carbocycles. The molecule has 1 aliphatic carbocycles. The Hall–Kier alpha value is -3.49. The van der Waals surface area contributed by atoms with Gasteiger partial charge in [-0.1, -0.05) is 29.8 Å². The highest BCUT2D eigenvalue weighted by atomic mass is 35.5. The number of fused-ring (bicyclic) bond motifs is 1. The molecule has 1 heterocycles. The number of nitrogens with zero attached hydrogens (tertiary/aromatic N) is 2. The molecule has 0 saturated carbocycles. The van der Waals surface area contributed by atoms with E-state index in [1.807, 2.05) is 13.0 Å². The van der Waals surface area contributed by atoms with Crippen LogP contribution >= 0.6 is 11.6 Å². The fraction of sp³-hybridized carbons (Fsp3) is 0.0909. The first-order valence-corrected chi connectivity index (χ1v) is 10.7. The molecule has 0 fully saturated rings. The molecule has 1 aromatic heterocycles. The Kier molecular flexibility index (Phi) is 5.83. The van der Waals surface area contributed by atoms with Crippen LogP contribution in [0.3, 0.4) is 0 Å². The number of rotatable bonds is 4. The number of allylic oxidation sites excluding steroid dienone is 4. The molecular formula is C22H16ClN3O4S. The lowest BCUT2D eigenvalue weighted by Gasteiger charge is -2.14. The number of nitrogens with one attached hydrogen (secondary N) is 1.